The largest absolute Gasteiger partial charge is 0.268 e. The lowest BCUT2D eigenvalue weighted by atomic mass is 10.0. The van der Waals surface area contributed by atoms with Gasteiger partial charge in [-0.25, -0.2) is 9.97 Å². The Hall–Kier alpha value is -1.51. The maximum absolute atomic E-state index is 4.17. The van der Waals surface area contributed by atoms with E-state index in [1.807, 2.05) is 18.5 Å². The van der Waals surface area contributed by atoms with E-state index in [0.29, 0.717) is 0 Å². The summed E-state index contributed by atoms with van der Waals surface area (Å²) in [5.74, 6) is 0.257. The predicted octanol–water partition coefficient (Wildman–Crippen LogP) is 1.55. The van der Waals surface area contributed by atoms with Gasteiger partial charge in [0.2, 0.25) is 0 Å². The first kappa shape index (κ1) is 7.16. The maximum Gasteiger partial charge on any atom is 0.115 e. The molecule has 1 aliphatic rings. The van der Waals surface area contributed by atoms with Crippen LogP contribution in [0.15, 0.2) is 35.4 Å². The van der Waals surface area contributed by atoms with Crippen molar-refractivity contribution in [2.45, 2.75) is 12.8 Å². The summed E-state index contributed by atoms with van der Waals surface area (Å²) in [5.41, 5.74) is 2.24. The topological polar surface area (TPSA) is 38.1 Å². The predicted molar refractivity (Wildman–Crippen MR) is 47.0 cm³/mol. The molecule has 60 valence electrons. The molecular formula is C9H9N3. The Bertz CT molecular complexity index is 327. The van der Waals surface area contributed by atoms with Crippen LogP contribution in [0, 0.1) is 0 Å². The smallest absolute Gasteiger partial charge is 0.115 e. The highest BCUT2D eigenvalue weighted by molar-refractivity contribution is 5.74. The molecule has 0 spiro atoms. The van der Waals surface area contributed by atoms with Crippen LogP contribution in [0.2, 0.25) is 0 Å². The number of hydrogen-bond acceptors (Lipinski definition) is 3. The lowest BCUT2D eigenvalue weighted by molar-refractivity contribution is 0.973. The van der Waals surface area contributed by atoms with Gasteiger partial charge in [0.15, 0.2) is 0 Å². The van der Waals surface area contributed by atoms with Crippen LogP contribution in [0.1, 0.15) is 18.5 Å². The summed E-state index contributed by atoms with van der Waals surface area (Å²) in [6.07, 6.45) is 7.08. The van der Waals surface area contributed by atoms with E-state index >= 15 is 0 Å². The van der Waals surface area contributed by atoms with E-state index in [2.05, 4.69) is 21.9 Å². The summed E-state index contributed by atoms with van der Waals surface area (Å²) >= 11 is 0. The lowest BCUT2D eigenvalue weighted by Gasteiger charge is -2.05. The lowest BCUT2D eigenvalue weighted by Crippen LogP contribution is -2.01. The van der Waals surface area contributed by atoms with Crippen LogP contribution in [0.3, 0.4) is 0 Å². The molecule has 2 heterocycles. The van der Waals surface area contributed by atoms with Crippen LogP contribution in [-0.4, -0.2) is 16.2 Å². The van der Waals surface area contributed by atoms with Crippen molar-refractivity contribution in [3.05, 3.63) is 36.1 Å². The van der Waals surface area contributed by atoms with Crippen molar-refractivity contribution in [1.82, 2.24) is 9.97 Å². The van der Waals surface area contributed by atoms with Gasteiger partial charge in [0.05, 0.1) is 11.6 Å². The van der Waals surface area contributed by atoms with Crippen LogP contribution >= 0.6 is 0 Å². The highest BCUT2D eigenvalue weighted by Gasteiger charge is 2.14. The maximum atomic E-state index is 4.17. The fraction of sp³-hybridized carbons (Fsp3) is 0.222. The first-order chi connectivity index (χ1) is 5.88. The van der Waals surface area contributed by atoms with E-state index in [9.17, 15) is 0 Å². The van der Waals surface area contributed by atoms with Gasteiger partial charge in [0.25, 0.3) is 0 Å². The van der Waals surface area contributed by atoms with E-state index < -0.39 is 0 Å². The standard InChI is InChI=1S/C9H9N3/c1-7-4-11-5-8(7)9-2-3-10-6-12-9/h2-6,8H,1H3. The highest BCUT2D eigenvalue weighted by atomic mass is 14.8. The Morgan fingerprint density at radius 1 is 1.42 bits per heavy atom. The van der Waals surface area contributed by atoms with E-state index in [4.69, 9.17) is 0 Å². The van der Waals surface area contributed by atoms with E-state index in [1.54, 1.807) is 12.5 Å². The fourth-order valence-corrected chi connectivity index (χ4v) is 1.24. The van der Waals surface area contributed by atoms with Crippen LogP contribution in [-0.2, 0) is 0 Å². The average molecular weight is 159 g/mol. The summed E-state index contributed by atoms with van der Waals surface area (Å²) in [7, 11) is 0. The summed E-state index contributed by atoms with van der Waals surface area (Å²) in [6.45, 7) is 2.06. The molecular weight excluding hydrogens is 150 g/mol. The second-order valence-corrected chi connectivity index (χ2v) is 2.78. The van der Waals surface area contributed by atoms with Gasteiger partial charge < -0.3 is 0 Å². The SMILES string of the molecule is CC1=CN=CC1c1ccncn1. The van der Waals surface area contributed by atoms with E-state index in [0.717, 1.165) is 5.69 Å². The van der Waals surface area contributed by atoms with Crippen LogP contribution < -0.4 is 0 Å². The van der Waals surface area contributed by atoms with Crippen molar-refractivity contribution in [2.75, 3.05) is 0 Å². The number of rotatable bonds is 1. The van der Waals surface area contributed by atoms with Crippen molar-refractivity contribution in [3.8, 4) is 0 Å². The second kappa shape index (κ2) is 2.85. The van der Waals surface area contributed by atoms with Crippen LogP contribution in [0.4, 0.5) is 0 Å². The number of allylic oxidation sites excluding steroid dienone is 1. The zero-order chi connectivity index (χ0) is 8.39. The van der Waals surface area contributed by atoms with Crippen LogP contribution in [0.5, 0.6) is 0 Å². The Morgan fingerprint density at radius 2 is 2.33 bits per heavy atom. The average Bonchev–Trinajstić information content (AvgIpc) is 2.53. The van der Waals surface area contributed by atoms with Gasteiger partial charge >= 0.3 is 0 Å². The number of hydrogen-bond donors (Lipinski definition) is 0. The quantitative estimate of drug-likeness (QED) is 0.623. The molecule has 0 fully saturated rings. The first-order valence-corrected chi connectivity index (χ1v) is 3.84. The summed E-state index contributed by atoms with van der Waals surface area (Å²) in [6, 6.07) is 1.92. The molecule has 12 heavy (non-hydrogen) atoms. The molecule has 1 aliphatic heterocycles. The monoisotopic (exact) mass is 159 g/mol. The molecule has 1 unspecified atom stereocenters. The molecule has 1 atom stereocenters. The van der Waals surface area contributed by atoms with E-state index in [-0.39, 0.29) is 5.92 Å². The number of aliphatic imine (C=N–C) groups is 1. The molecule has 2 rings (SSSR count). The third-order valence-electron chi connectivity index (χ3n) is 1.93. The van der Waals surface area contributed by atoms with Crippen molar-refractivity contribution in [1.29, 1.82) is 0 Å². The fourth-order valence-electron chi connectivity index (χ4n) is 1.24. The first-order valence-electron chi connectivity index (χ1n) is 3.84. The summed E-state index contributed by atoms with van der Waals surface area (Å²) in [4.78, 5) is 12.1. The third kappa shape index (κ3) is 1.13. The van der Waals surface area contributed by atoms with Crippen molar-refractivity contribution < 1.29 is 0 Å². The molecule has 0 aliphatic carbocycles. The highest BCUT2D eigenvalue weighted by Crippen LogP contribution is 2.23. The minimum Gasteiger partial charge on any atom is -0.268 e. The molecule has 0 N–H and O–H groups in total. The van der Waals surface area contributed by atoms with Crippen molar-refractivity contribution in [3.63, 3.8) is 0 Å². The molecule has 0 aromatic carbocycles. The Morgan fingerprint density at radius 3 is 2.92 bits per heavy atom. The molecule has 1 aromatic heterocycles. The third-order valence-corrected chi connectivity index (χ3v) is 1.93. The summed E-state index contributed by atoms with van der Waals surface area (Å²) in [5, 5.41) is 0. The molecule has 0 radical (unpaired) electrons. The molecule has 0 saturated carbocycles. The molecule has 3 nitrogen and oxygen atoms in total. The summed E-state index contributed by atoms with van der Waals surface area (Å²) < 4.78 is 0. The molecule has 0 saturated heterocycles. The van der Waals surface area contributed by atoms with Gasteiger partial charge in [0.1, 0.15) is 6.33 Å². The van der Waals surface area contributed by atoms with Crippen LogP contribution in [0.25, 0.3) is 0 Å². The van der Waals surface area contributed by atoms with Gasteiger partial charge in [-0.15, -0.1) is 0 Å². The number of aromatic nitrogens is 2. The Balaban J connectivity index is 2.33. The van der Waals surface area contributed by atoms with Gasteiger partial charge in [0, 0.05) is 18.6 Å². The van der Waals surface area contributed by atoms with Crippen molar-refractivity contribution in [2.24, 2.45) is 4.99 Å². The number of nitrogens with zero attached hydrogens (tertiary/aromatic N) is 3. The Kier molecular flexibility index (Phi) is 1.70. The van der Waals surface area contributed by atoms with Gasteiger partial charge in [-0.1, -0.05) is 0 Å². The van der Waals surface area contributed by atoms with Crippen molar-refractivity contribution >= 4 is 6.21 Å². The molecule has 1 aromatic rings. The minimum atomic E-state index is 0.257. The molecule has 3 heteroatoms. The zero-order valence-electron chi connectivity index (χ0n) is 6.81. The minimum absolute atomic E-state index is 0.257. The Labute approximate surface area is 70.9 Å². The molecule has 0 bridgehead atoms. The second-order valence-electron chi connectivity index (χ2n) is 2.78. The van der Waals surface area contributed by atoms with Gasteiger partial charge in [-0.05, 0) is 18.6 Å². The van der Waals surface area contributed by atoms with E-state index in [1.165, 1.54) is 5.57 Å². The zero-order valence-corrected chi connectivity index (χ0v) is 6.81. The normalized spacial score (nSPS) is 21.1. The van der Waals surface area contributed by atoms with Gasteiger partial charge in [-0.3, -0.25) is 4.99 Å². The van der Waals surface area contributed by atoms with Gasteiger partial charge in [-0.2, -0.15) is 0 Å². The molecule has 0 amide bonds.